The van der Waals surface area contributed by atoms with Crippen molar-refractivity contribution >= 4 is 90.6 Å². The molecule has 0 saturated heterocycles. The van der Waals surface area contributed by atoms with Crippen LogP contribution in [-0.2, 0) is 13.1 Å². The molecule has 0 amide bonds. The minimum absolute atomic E-state index is 0.994. The Morgan fingerprint density at radius 3 is 1.30 bits per heavy atom. The van der Waals surface area contributed by atoms with Gasteiger partial charge in [-0.2, -0.15) is 0 Å². The molecule has 4 heteroatoms. The molecule has 44 heavy (non-hydrogen) atoms. The third-order valence-corrected chi connectivity index (χ3v) is 9.87. The first-order valence-electron chi connectivity index (χ1n) is 15.2. The molecule has 0 unspecified atom stereocenters. The molecule has 0 N–H and O–H groups in total. The largest absolute Gasteiger partial charge is 0.341 e. The van der Waals surface area contributed by atoms with Gasteiger partial charge in [0.1, 0.15) is 0 Å². The van der Waals surface area contributed by atoms with Crippen LogP contribution in [-0.4, -0.2) is 9.13 Å². The summed E-state index contributed by atoms with van der Waals surface area (Å²) in [6, 6.07) is 39.3. The molecule has 4 aromatic heterocycles. The highest BCUT2D eigenvalue weighted by atomic mass is 32.1. The van der Waals surface area contributed by atoms with Gasteiger partial charge in [0, 0.05) is 66.5 Å². The molecule has 0 aliphatic carbocycles. The lowest BCUT2D eigenvalue weighted by molar-refractivity contribution is 0.827. The van der Waals surface area contributed by atoms with E-state index < -0.39 is 0 Å². The van der Waals surface area contributed by atoms with E-state index in [0.717, 1.165) is 13.1 Å². The van der Waals surface area contributed by atoms with E-state index >= 15 is 0 Å². The highest BCUT2D eigenvalue weighted by Crippen LogP contribution is 2.31. The zero-order valence-corrected chi connectivity index (χ0v) is 26.6. The van der Waals surface area contributed by atoms with Gasteiger partial charge in [-0.3, -0.25) is 0 Å². The number of hydrogen-bond acceptors (Lipinski definition) is 2. The Kier molecular flexibility index (Phi) is 8.02. The van der Waals surface area contributed by atoms with Gasteiger partial charge in [0.15, 0.2) is 0 Å². The number of aryl methyl sites for hydroxylation is 2. The van der Waals surface area contributed by atoms with Crippen LogP contribution in [0.1, 0.15) is 34.7 Å². The van der Waals surface area contributed by atoms with Crippen LogP contribution in [0.5, 0.6) is 0 Å². The van der Waals surface area contributed by atoms with Crippen LogP contribution >= 0.6 is 22.7 Å². The van der Waals surface area contributed by atoms with Gasteiger partial charge in [0.2, 0.25) is 0 Å². The first-order chi connectivity index (χ1) is 21.7. The van der Waals surface area contributed by atoms with Gasteiger partial charge < -0.3 is 9.13 Å². The van der Waals surface area contributed by atoms with Crippen LogP contribution in [0.2, 0.25) is 0 Å². The van der Waals surface area contributed by atoms with Gasteiger partial charge in [0.25, 0.3) is 0 Å². The lowest BCUT2D eigenvalue weighted by Gasteiger charge is -2.02. The van der Waals surface area contributed by atoms with Crippen LogP contribution < -0.4 is 0 Å². The highest BCUT2D eigenvalue weighted by molar-refractivity contribution is 7.11. The maximum absolute atomic E-state index is 2.39. The fourth-order valence-corrected chi connectivity index (χ4v) is 7.40. The topological polar surface area (TPSA) is 9.86 Å². The van der Waals surface area contributed by atoms with Crippen molar-refractivity contribution in [2.75, 3.05) is 0 Å². The quantitative estimate of drug-likeness (QED) is 0.178. The number of aromatic nitrogens is 2. The van der Waals surface area contributed by atoms with Gasteiger partial charge in [-0.05, 0) is 96.4 Å². The van der Waals surface area contributed by atoms with E-state index in [1.54, 1.807) is 22.7 Å². The van der Waals surface area contributed by atoms with E-state index in [2.05, 4.69) is 167 Å². The number of thiophene rings is 2. The molecule has 0 saturated carbocycles. The zero-order chi connectivity index (χ0) is 29.9. The average Bonchev–Trinajstić information content (AvgIpc) is 3.88. The molecular weight excluding hydrogens is 573 g/mol. The van der Waals surface area contributed by atoms with Gasteiger partial charge >= 0.3 is 0 Å². The highest BCUT2D eigenvalue weighted by Gasteiger charge is 2.10. The monoisotopic (exact) mass is 606 g/mol. The molecule has 0 fully saturated rings. The van der Waals surface area contributed by atoms with E-state index in [-0.39, 0.29) is 0 Å². The Hall–Kier alpha value is -4.64. The summed E-state index contributed by atoms with van der Waals surface area (Å²) in [6.45, 7) is 6.40. The number of fused-ring (bicyclic) bond motifs is 6. The molecular formula is C40H34N2S2. The van der Waals surface area contributed by atoms with E-state index in [4.69, 9.17) is 0 Å². The van der Waals surface area contributed by atoms with Crippen molar-refractivity contribution in [2.45, 2.75) is 26.9 Å². The molecule has 0 aliphatic heterocycles. The second kappa shape index (κ2) is 12.5. The predicted octanol–water partition coefficient (Wildman–Crippen LogP) is 12.1. The van der Waals surface area contributed by atoms with E-state index in [0.29, 0.717) is 0 Å². The van der Waals surface area contributed by atoms with Crippen molar-refractivity contribution in [3.05, 3.63) is 141 Å². The predicted molar refractivity (Wildman–Crippen MR) is 197 cm³/mol. The van der Waals surface area contributed by atoms with E-state index in [9.17, 15) is 0 Å². The first-order valence-corrected chi connectivity index (χ1v) is 16.9. The van der Waals surface area contributed by atoms with Crippen LogP contribution in [0.15, 0.2) is 120 Å². The molecule has 0 bridgehead atoms. The van der Waals surface area contributed by atoms with Crippen molar-refractivity contribution < 1.29 is 0 Å². The Labute approximate surface area is 266 Å². The Bertz CT molecular complexity index is 2080. The summed E-state index contributed by atoms with van der Waals surface area (Å²) >= 11 is 3.53. The summed E-state index contributed by atoms with van der Waals surface area (Å²) in [5.74, 6) is 0. The molecule has 2 nitrogen and oxygen atoms in total. The third kappa shape index (κ3) is 5.43. The molecule has 4 heterocycles. The minimum atomic E-state index is 0.994. The lowest BCUT2D eigenvalue weighted by Crippen LogP contribution is -1.92. The fourth-order valence-electron chi connectivity index (χ4n) is 6.16. The van der Waals surface area contributed by atoms with Gasteiger partial charge in [-0.15, -0.1) is 22.7 Å². The van der Waals surface area contributed by atoms with E-state index in [1.165, 1.54) is 64.5 Å². The summed E-state index contributed by atoms with van der Waals surface area (Å²) in [6.07, 6.45) is 8.77. The number of para-hydroxylation sites is 2. The molecule has 0 atom stereocenters. The molecule has 8 aromatic rings. The number of nitrogens with zero attached hydrogens (tertiary/aromatic N) is 2. The van der Waals surface area contributed by atoms with Crippen molar-refractivity contribution in [2.24, 2.45) is 0 Å². The standard InChI is InChI=1S/2C20H17NS/c2*1-2-21-19-8-4-3-7-17(19)18-14-15(10-12-20(18)21)9-11-16-6-5-13-22-16/h2*3-14H,2H2,1H3/b2*11-9+. The second-order valence-corrected chi connectivity index (χ2v) is 12.7. The number of hydrogen-bond donors (Lipinski definition) is 0. The van der Waals surface area contributed by atoms with Crippen molar-refractivity contribution in [3.8, 4) is 0 Å². The second-order valence-electron chi connectivity index (χ2n) is 10.8. The smallest absolute Gasteiger partial charge is 0.0491 e. The summed E-state index contributed by atoms with van der Waals surface area (Å²) in [5.41, 5.74) is 7.77. The first kappa shape index (κ1) is 28.1. The molecule has 216 valence electrons. The van der Waals surface area contributed by atoms with Crippen LogP contribution in [0.25, 0.3) is 67.9 Å². The Morgan fingerprint density at radius 1 is 0.455 bits per heavy atom. The molecule has 0 radical (unpaired) electrons. The van der Waals surface area contributed by atoms with Crippen LogP contribution in [0, 0.1) is 0 Å². The summed E-state index contributed by atoms with van der Waals surface area (Å²) in [4.78, 5) is 2.58. The fraction of sp³-hybridized carbons (Fsp3) is 0.100. The maximum atomic E-state index is 2.39. The van der Waals surface area contributed by atoms with Crippen molar-refractivity contribution in [1.82, 2.24) is 9.13 Å². The number of benzene rings is 4. The van der Waals surface area contributed by atoms with Crippen LogP contribution in [0.3, 0.4) is 0 Å². The zero-order valence-electron chi connectivity index (χ0n) is 25.0. The molecule has 0 aliphatic rings. The third-order valence-electron chi connectivity index (χ3n) is 8.19. The van der Waals surface area contributed by atoms with Gasteiger partial charge in [-0.1, -0.05) is 72.8 Å². The Balaban J connectivity index is 0.000000142. The van der Waals surface area contributed by atoms with Crippen molar-refractivity contribution in [3.63, 3.8) is 0 Å². The maximum Gasteiger partial charge on any atom is 0.0491 e. The number of rotatable bonds is 6. The average molecular weight is 607 g/mol. The normalized spacial score (nSPS) is 11.9. The van der Waals surface area contributed by atoms with Gasteiger partial charge in [0.05, 0.1) is 0 Å². The SMILES string of the molecule is CCn1c2ccccc2c2cc(/C=C/c3cccs3)ccc21.CCn1c2ccccc2c2cc(/C=C/c3cccs3)ccc21. The van der Waals surface area contributed by atoms with Gasteiger partial charge in [-0.25, -0.2) is 0 Å². The van der Waals surface area contributed by atoms with Crippen molar-refractivity contribution in [1.29, 1.82) is 0 Å². The summed E-state index contributed by atoms with van der Waals surface area (Å²) < 4.78 is 4.77. The molecule has 8 rings (SSSR count). The molecule has 0 spiro atoms. The summed E-state index contributed by atoms with van der Waals surface area (Å²) in [7, 11) is 0. The summed E-state index contributed by atoms with van der Waals surface area (Å²) in [5, 5.41) is 9.57. The minimum Gasteiger partial charge on any atom is -0.341 e. The van der Waals surface area contributed by atoms with Crippen LogP contribution in [0.4, 0.5) is 0 Å². The Morgan fingerprint density at radius 2 is 0.886 bits per heavy atom. The molecule has 4 aromatic carbocycles. The van der Waals surface area contributed by atoms with E-state index in [1.807, 2.05) is 0 Å². The lowest BCUT2D eigenvalue weighted by atomic mass is 10.1.